The molecule has 0 aliphatic carbocycles. The van der Waals surface area contributed by atoms with E-state index in [0.717, 1.165) is 50.8 Å². The quantitative estimate of drug-likeness (QED) is 0.655. The fourth-order valence-electron chi connectivity index (χ4n) is 5.53. The van der Waals surface area contributed by atoms with E-state index in [4.69, 9.17) is 9.47 Å². The lowest BCUT2D eigenvalue weighted by atomic mass is 9.70. The summed E-state index contributed by atoms with van der Waals surface area (Å²) in [6.45, 7) is 7.80. The van der Waals surface area contributed by atoms with Gasteiger partial charge < -0.3 is 24.8 Å². The molecule has 0 unspecified atom stereocenters. The summed E-state index contributed by atoms with van der Waals surface area (Å²) in [5.74, 6) is 1.39. The second-order valence-electron chi connectivity index (χ2n) is 10.0. The van der Waals surface area contributed by atoms with Gasteiger partial charge in [0.05, 0.1) is 12.2 Å². The van der Waals surface area contributed by atoms with Crippen LogP contribution < -0.4 is 10.1 Å². The van der Waals surface area contributed by atoms with Crippen LogP contribution in [-0.2, 0) is 14.3 Å². The van der Waals surface area contributed by atoms with Gasteiger partial charge in [-0.3, -0.25) is 9.59 Å². The number of nitrogens with zero attached hydrogens (tertiary/aromatic N) is 1. The van der Waals surface area contributed by atoms with Gasteiger partial charge in [-0.25, -0.2) is 0 Å². The zero-order valence-corrected chi connectivity index (χ0v) is 19.4. The number of rotatable bonds is 6. The van der Waals surface area contributed by atoms with Crippen LogP contribution in [0.4, 0.5) is 0 Å². The minimum atomic E-state index is -0.457. The first kappa shape index (κ1) is 22.9. The van der Waals surface area contributed by atoms with Crippen LogP contribution in [0.3, 0.4) is 0 Å². The Kier molecular flexibility index (Phi) is 6.65. The second kappa shape index (κ2) is 9.30. The standard InChI is InChI=1S/C25H36N2O5/c1-16(28)26-12-6-4-5-10-22(30)27-13-11-21-17(15-27)14-19-23(31-21)18-8-7-9-20(29)24(18)32-25(19,2)3/h7-9,17,19,21,23,29H,4-6,10-15H2,1-3H3,(H,26,28)/t17-,19+,21+,23-/m1/s1. The van der Waals surface area contributed by atoms with Crippen molar-refractivity contribution in [2.45, 2.75) is 77.1 Å². The molecule has 1 aromatic carbocycles. The molecule has 0 aromatic heterocycles. The van der Waals surface area contributed by atoms with Crippen molar-refractivity contribution in [3.8, 4) is 11.5 Å². The van der Waals surface area contributed by atoms with Crippen molar-refractivity contribution in [2.75, 3.05) is 19.6 Å². The predicted molar refractivity (Wildman–Crippen MR) is 120 cm³/mol. The van der Waals surface area contributed by atoms with Crippen molar-refractivity contribution in [2.24, 2.45) is 11.8 Å². The number of piperidine rings is 1. The summed E-state index contributed by atoms with van der Waals surface area (Å²) in [4.78, 5) is 25.7. The maximum atomic E-state index is 12.8. The Morgan fingerprint density at radius 2 is 2.06 bits per heavy atom. The van der Waals surface area contributed by atoms with Crippen molar-refractivity contribution < 1.29 is 24.2 Å². The monoisotopic (exact) mass is 444 g/mol. The SMILES string of the molecule is CC(=O)NCCCCCC(=O)N1CC[C@@H]2O[C@@H]3c4cccc(O)c4OC(C)(C)[C@H]3C[C@@H]2C1. The van der Waals surface area contributed by atoms with Gasteiger partial charge in [-0.05, 0) is 45.6 Å². The van der Waals surface area contributed by atoms with Crippen molar-refractivity contribution in [3.05, 3.63) is 23.8 Å². The predicted octanol–water partition coefficient (Wildman–Crippen LogP) is 3.55. The average molecular weight is 445 g/mol. The number of carbonyl (C=O) groups excluding carboxylic acids is 2. The number of unbranched alkanes of at least 4 members (excludes halogenated alkanes) is 2. The first-order valence-electron chi connectivity index (χ1n) is 11.9. The molecular weight excluding hydrogens is 408 g/mol. The minimum absolute atomic E-state index is 0.00674. The lowest BCUT2D eigenvalue weighted by Gasteiger charge is -2.53. The number of phenolic OH excluding ortho intramolecular Hbond substituents is 1. The molecule has 7 nitrogen and oxygen atoms in total. The van der Waals surface area contributed by atoms with Crippen molar-refractivity contribution in [3.63, 3.8) is 0 Å². The highest BCUT2D eigenvalue weighted by Crippen LogP contribution is 2.54. The second-order valence-corrected chi connectivity index (χ2v) is 10.0. The van der Waals surface area contributed by atoms with E-state index in [0.29, 0.717) is 24.6 Å². The zero-order chi connectivity index (χ0) is 22.9. The van der Waals surface area contributed by atoms with Gasteiger partial charge in [-0.15, -0.1) is 0 Å². The number of aromatic hydroxyl groups is 1. The molecule has 2 amide bonds. The van der Waals surface area contributed by atoms with Gasteiger partial charge in [-0.2, -0.15) is 0 Å². The molecule has 2 fully saturated rings. The molecule has 32 heavy (non-hydrogen) atoms. The number of phenols is 1. The molecule has 3 aliphatic rings. The van der Waals surface area contributed by atoms with Gasteiger partial charge in [0.15, 0.2) is 11.5 Å². The van der Waals surface area contributed by atoms with Gasteiger partial charge >= 0.3 is 0 Å². The molecule has 2 saturated heterocycles. The number of amides is 2. The summed E-state index contributed by atoms with van der Waals surface area (Å²) < 4.78 is 12.9. The number of para-hydroxylation sites is 1. The summed E-state index contributed by atoms with van der Waals surface area (Å²) in [5, 5.41) is 13.1. The van der Waals surface area contributed by atoms with Crippen LogP contribution in [0, 0.1) is 11.8 Å². The molecular formula is C25H36N2O5. The van der Waals surface area contributed by atoms with E-state index in [2.05, 4.69) is 19.2 Å². The van der Waals surface area contributed by atoms with Crippen LogP contribution in [0.25, 0.3) is 0 Å². The Hall–Kier alpha value is -2.28. The molecule has 4 rings (SSSR count). The number of fused-ring (bicyclic) bond motifs is 4. The molecule has 0 spiro atoms. The van der Waals surface area contributed by atoms with Gasteiger partial charge in [0.2, 0.25) is 11.8 Å². The molecule has 1 aromatic rings. The fourth-order valence-corrected chi connectivity index (χ4v) is 5.53. The van der Waals surface area contributed by atoms with Crippen LogP contribution in [0.15, 0.2) is 18.2 Å². The minimum Gasteiger partial charge on any atom is -0.504 e. The van der Waals surface area contributed by atoms with Crippen molar-refractivity contribution in [1.82, 2.24) is 10.2 Å². The molecule has 3 heterocycles. The number of hydrogen-bond donors (Lipinski definition) is 2. The van der Waals surface area contributed by atoms with E-state index in [1.54, 1.807) is 6.07 Å². The number of carbonyl (C=O) groups is 2. The van der Waals surface area contributed by atoms with Gasteiger partial charge in [0.25, 0.3) is 0 Å². The van der Waals surface area contributed by atoms with Crippen molar-refractivity contribution in [1.29, 1.82) is 0 Å². The van der Waals surface area contributed by atoms with Crippen LogP contribution in [0.1, 0.15) is 71.0 Å². The van der Waals surface area contributed by atoms with E-state index in [1.165, 1.54) is 6.92 Å². The van der Waals surface area contributed by atoms with Gasteiger partial charge in [0.1, 0.15) is 5.60 Å². The fraction of sp³-hybridized carbons (Fsp3) is 0.680. The van der Waals surface area contributed by atoms with E-state index in [-0.39, 0.29) is 35.7 Å². The maximum Gasteiger partial charge on any atom is 0.222 e. The Morgan fingerprint density at radius 1 is 1.25 bits per heavy atom. The molecule has 0 bridgehead atoms. The van der Waals surface area contributed by atoms with Crippen LogP contribution in [0.5, 0.6) is 11.5 Å². The molecule has 7 heteroatoms. The highest BCUT2D eigenvalue weighted by Gasteiger charge is 2.52. The molecule has 0 radical (unpaired) electrons. The summed E-state index contributed by atoms with van der Waals surface area (Å²) in [5.41, 5.74) is 0.479. The maximum absolute atomic E-state index is 12.8. The summed E-state index contributed by atoms with van der Waals surface area (Å²) in [6, 6.07) is 5.50. The smallest absolute Gasteiger partial charge is 0.222 e. The third kappa shape index (κ3) is 4.72. The third-order valence-corrected chi connectivity index (χ3v) is 7.29. The average Bonchev–Trinajstić information content (AvgIpc) is 2.75. The highest BCUT2D eigenvalue weighted by molar-refractivity contribution is 5.76. The third-order valence-electron chi connectivity index (χ3n) is 7.29. The van der Waals surface area contributed by atoms with Gasteiger partial charge in [-0.1, -0.05) is 18.6 Å². The molecule has 2 N–H and O–H groups in total. The van der Waals surface area contributed by atoms with Crippen LogP contribution in [-0.4, -0.2) is 53.2 Å². The molecule has 4 atom stereocenters. The Labute approximate surface area is 190 Å². The number of hydrogen-bond acceptors (Lipinski definition) is 5. The first-order valence-corrected chi connectivity index (χ1v) is 11.9. The number of nitrogens with one attached hydrogen (secondary N) is 1. The van der Waals surface area contributed by atoms with Crippen molar-refractivity contribution >= 4 is 11.8 Å². The van der Waals surface area contributed by atoms with E-state index in [1.807, 2.05) is 17.0 Å². The lowest BCUT2D eigenvalue weighted by molar-refractivity contribution is -0.189. The largest absolute Gasteiger partial charge is 0.504 e. The molecule has 3 aliphatic heterocycles. The zero-order valence-electron chi connectivity index (χ0n) is 19.4. The Balaban J connectivity index is 1.34. The molecule has 176 valence electrons. The summed E-state index contributed by atoms with van der Waals surface area (Å²) in [7, 11) is 0. The van der Waals surface area contributed by atoms with Gasteiger partial charge in [0, 0.05) is 50.4 Å². The number of ether oxygens (including phenoxy) is 2. The lowest BCUT2D eigenvalue weighted by Crippen LogP contribution is -2.55. The summed E-state index contributed by atoms with van der Waals surface area (Å²) in [6.07, 6.45) is 5.08. The Morgan fingerprint density at radius 3 is 2.84 bits per heavy atom. The van der Waals surface area contributed by atoms with Crippen LogP contribution >= 0.6 is 0 Å². The van der Waals surface area contributed by atoms with Crippen LogP contribution in [0.2, 0.25) is 0 Å². The number of likely N-dealkylation sites (tertiary alicyclic amines) is 1. The normalized spacial score (nSPS) is 28.0. The topological polar surface area (TPSA) is 88.1 Å². The Bertz CT molecular complexity index is 855. The van der Waals surface area contributed by atoms with E-state index < -0.39 is 5.60 Å². The van der Waals surface area contributed by atoms with E-state index in [9.17, 15) is 14.7 Å². The summed E-state index contributed by atoms with van der Waals surface area (Å²) >= 11 is 0. The highest BCUT2D eigenvalue weighted by atomic mass is 16.5. The van der Waals surface area contributed by atoms with E-state index >= 15 is 0 Å². The molecule has 0 saturated carbocycles. The number of benzene rings is 1. The first-order chi connectivity index (χ1) is 15.3.